The molecule has 7 nitrogen and oxygen atoms in total. The summed E-state index contributed by atoms with van der Waals surface area (Å²) in [7, 11) is -3.75. The predicted octanol–water partition coefficient (Wildman–Crippen LogP) is 4.03. The van der Waals surface area contributed by atoms with E-state index in [0.717, 1.165) is 43.1 Å². The van der Waals surface area contributed by atoms with Crippen molar-refractivity contribution in [2.45, 2.75) is 24.2 Å². The predicted molar refractivity (Wildman–Crippen MR) is 138 cm³/mol. The lowest BCUT2D eigenvalue weighted by atomic mass is 9.93. The van der Waals surface area contributed by atoms with Crippen molar-refractivity contribution >= 4 is 44.0 Å². The van der Waals surface area contributed by atoms with Crippen LogP contribution in [0, 0.1) is 5.92 Å². The molecule has 1 aromatic heterocycles. The molecule has 3 aromatic rings. The third-order valence-corrected chi connectivity index (χ3v) is 9.22. The average molecular weight is 513 g/mol. The van der Waals surface area contributed by atoms with Crippen molar-refractivity contribution in [1.82, 2.24) is 14.2 Å². The van der Waals surface area contributed by atoms with Gasteiger partial charge in [-0.05, 0) is 72.4 Å². The van der Waals surface area contributed by atoms with E-state index in [1.807, 2.05) is 29.4 Å². The number of benzene rings is 2. The van der Waals surface area contributed by atoms with Crippen molar-refractivity contribution in [3.63, 3.8) is 0 Å². The zero-order valence-electron chi connectivity index (χ0n) is 19.5. The SMILES string of the molecule is O=C1CN(S(=O)(=O)c2ccc3cc(Cl)ccc3c2)CCN1CCC1CCN(c2ccncc2)CC1. The monoisotopic (exact) mass is 512 g/mol. The average Bonchev–Trinajstić information content (AvgIpc) is 2.88. The molecule has 0 saturated carbocycles. The quantitative estimate of drug-likeness (QED) is 0.498. The fourth-order valence-electron chi connectivity index (χ4n) is 5.01. The first-order chi connectivity index (χ1) is 16.9. The number of hydrogen-bond acceptors (Lipinski definition) is 5. The topological polar surface area (TPSA) is 73.8 Å². The first-order valence-electron chi connectivity index (χ1n) is 12.0. The van der Waals surface area contributed by atoms with Crippen LogP contribution in [0.2, 0.25) is 5.02 Å². The molecule has 9 heteroatoms. The highest BCUT2D eigenvalue weighted by Crippen LogP contribution is 2.27. The summed E-state index contributed by atoms with van der Waals surface area (Å²) in [4.78, 5) is 21.3. The number of hydrogen-bond donors (Lipinski definition) is 0. The molecule has 2 aliphatic rings. The Hall–Kier alpha value is -2.68. The van der Waals surface area contributed by atoms with Crippen LogP contribution in [0.5, 0.6) is 0 Å². The summed E-state index contributed by atoms with van der Waals surface area (Å²) in [6.07, 6.45) is 6.79. The number of anilines is 1. The van der Waals surface area contributed by atoms with Crippen LogP contribution < -0.4 is 4.90 Å². The number of halogens is 1. The number of pyridine rings is 1. The third-order valence-electron chi connectivity index (χ3n) is 7.14. The molecule has 5 rings (SSSR count). The van der Waals surface area contributed by atoms with E-state index >= 15 is 0 Å². The number of rotatable bonds is 6. The van der Waals surface area contributed by atoms with Crippen molar-refractivity contribution in [1.29, 1.82) is 0 Å². The highest BCUT2D eigenvalue weighted by molar-refractivity contribution is 7.89. The molecule has 2 aromatic carbocycles. The minimum Gasteiger partial charge on any atom is -0.371 e. The maximum absolute atomic E-state index is 13.2. The van der Waals surface area contributed by atoms with Gasteiger partial charge < -0.3 is 9.80 Å². The normalized spacial score (nSPS) is 18.4. The van der Waals surface area contributed by atoms with Gasteiger partial charge >= 0.3 is 0 Å². The van der Waals surface area contributed by atoms with Crippen LogP contribution in [0.4, 0.5) is 5.69 Å². The van der Waals surface area contributed by atoms with Gasteiger partial charge in [0.05, 0.1) is 11.4 Å². The van der Waals surface area contributed by atoms with Crippen LogP contribution in [0.15, 0.2) is 65.8 Å². The van der Waals surface area contributed by atoms with E-state index in [0.29, 0.717) is 30.6 Å². The molecule has 3 heterocycles. The summed E-state index contributed by atoms with van der Waals surface area (Å²) in [6, 6.07) is 14.4. The molecule has 0 N–H and O–H groups in total. The second kappa shape index (κ2) is 10.1. The Kier molecular flexibility index (Phi) is 6.95. The number of piperidine rings is 1. The van der Waals surface area contributed by atoms with Gasteiger partial charge in [0.25, 0.3) is 0 Å². The number of sulfonamides is 1. The lowest BCUT2D eigenvalue weighted by molar-refractivity contribution is -0.134. The van der Waals surface area contributed by atoms with Gasteiger partial charge in [-0.2, -0.15) is 4.31 Å². The molecule has 0 aliphatic carbocycles. The Bertz CT molecular complexity index is 1310. The Balaban J connectivity index is 1.15. The Morgan fingerprint density at radius 3 is 2.37 bits per heavy atom. The van der Waals surface area contributed by atoms with Gasteiger partial charge in [-0.15, -0.1) is 0 Å². The molecule has 184 valence electrons. The van der Waals surface area contributed by atoms with Crippen molar-refractivity contribution < 1.29 is 13.2 Å². The number of aromatic nitrogens is 1. The second-order valence-corrected chi connectivity index (χ2v) is 11.7. The molecule has 0 unspecified atom stereocenters. The summed E-state index contributed by atoms with van der Waals surface area (Å²) in [5, 5.41) is 2.29. The third kappa shape index (κ3) is 5.29. The van der Waals surface area contributed by atoms with E-state index in [9.17, 15) is 13.2 Å². The van der Waals surface area contributed by atoms with E-state index in [-0.39, 0.29) is 17.3 Å². The molecule has 35 heavy (non-hydrogen) atoms. The number of carbonyl (C=O) groups excluding carboxylic acids is 1. The van der Waals surface area contributed by atoms with Crippen LogP contribution >= 0.6 is 11.6 Å². The fraction of sp³-hybridized carbons (Fsp3) is 0.385. The molecule has 1 amide bonds. The first-order valence-corrected chi connectivity index (χ1v) is 13.8. The summed E-state index contributed by atoms with van der Waals surface area (Å²) in [6.45, 7) is 3.33. The van der Waals surface area contributed by atoms with Crippen LogP contribution in [0.3, 0.4) is 0 Å². The summed E-state index contributed by atoms with van der Waals surface area (Å²) >= 11 is 6.03. The maximum atomic E-state index is 13.2. The smallest absolute Gasteiger partial charge is 0.243 e. The number of nitrogens with zero attached hydrogens (tertiary/aromatic N) is 4. The molecule has 0 bridgehead atoms. The van der Waals surface area contributed by atoms with E-state index < -0.39 is 10.0 Å². The van der Waals surface area contributed by atoms with E-state index in [4.69, 9.17) is 11.6 Å². The highest BCUT2D eigenvalue weighted by atomic mass is 35.5. The van der Waals surface area contributed by atoms with Gasteiger partial charge in [0.1, 0.15) is 0 Å². The van der Waals surface area contributed by atoms with Gasteiger partial charge in [-0.3, -0.25) is 9.78 Å². The van der Waals surface area contributed by atoms with Gasteiger partial charge in [-0.1, -0.05) is 23.7 Å². The summed E-state index contributed by atoms with van der Waals surface area (Å²) in [5.41, 5.74) is 1.21. The Labute approximate surface area is 211 Å². The standard InChI is InChI=1S/C26H29ClN4O3S/c27-23-3-1-22-18-25(4-2-21(22)17-23)35(33,34)31-16-15-30(26(32)19-31)14-9-20-7-12-29(13-8-20)24-5-10-28-11-6-24/h1-6,10-11,17-18,20H,7-9,12-16,19H2. The van der Waals surface area contributed by atoms with E-state index in [2.05, 4.69) is 9.88 Å². The lowest BCUT2D eigenvalue weighted by Gasteiger charge is -2.36. The van der Waals surface area contributed by atoms with E-state index in [1.54, 1.807) is 36.4 Å². The molecule has 0 spiro atoms. The van der Waals surface area contributed by atoms with Crippen molar-refractivity contribution in [3.8, 4) is 0 Å². The minimum absolute atomic E-state index is 0.110. The van der Waals surface area contributed by atoms with Gasteiger partial charge in [-0.25, -0.2) is 8.42 Å². The Morgan fingerprint density at radius 2 is 1.63 bits per heavy atom. The van der Waals surface area contributed by atoms with Crippen LogP contribution in [-0.2, 0) is 14.8 Å². The van der Waals surface area contributed by atoms with Crippen molar-refractivity contribution in [2.24, 2.45) is 5.92 Å². The first kappa shape index (κ1) is 24.0. The molecular formula is C26H29ClN4O3S. The molecular weight excluding hydrogens is 484 g/mol. The van der Waals surface area contributed by atoms with Crippen molar-refractivity contribution in [2.75, 3.05) is 44.2 Å². The largest absolute Gasteiger partial charge is 0.371 e. The van der Waals surface area contributed by atoms with Crippen molar-refractivity contribution in [3.05, 3.63) is 65.9 Å². The van der Waals surface area contributed by atoms with Gasteiger partial charge in [0.2, 0.25) is 15.9 Å². The summed E-state index contributed by atoms with van der Waals surface area (Å²) in [5.74, 6) is 0.454. The fourth-order valence-corrected chi connectivity index (χ4v) is 6.60. The number of amides is 1. The van der Waals surface area contributed by atoms with Gasteiger partial charge in [0, 0.05) is 55.8 Å². The zero-order chi connectivity index (χ0) is 24.4. The molecule has 2 fully saturated rings. The molecule has 2 aliphatic heterocycles. The maximum Gasteiger partial charge on any atom is 0.243 e. The highest BCUT2D eigenvalue weighted by Gasteiger charge is 2.33. The van der Waals surface area contributed by atoms with Gasteiger partial charge in [0.15, 0.2) is 0 Å². The van der Waals surface area contributed by atoms with Crippen LogP contribution in [-0.4, -0.2) is 67.8 Å². The molecule has 2 saturated heterocycles. The second-order valence-electron chi connectivity index (χ2n) is 9.30. The Morgan fingerprint density at radius 1 is 0.914 bits per heavy atom. The molecule has 0 radical (unpaired) electrons. The number of piperazine rings is 1. The minimum atomic E-state index is -3.75. The van der Waals surface area contributed by atoms with Crippen LogP contribution in [0.1, 0.15) is 19.3 Å². The zero-order valence-corrected chi connectivity index (χ0v) is 21.1. The van der Waals surface area contributed by atoms with E-state index in [1.165, 1.54) is 9.99 Å². The number of fused-ring (bicyclic) bond motifs is 1. The molecule has 0 atom stereocenters. The lowest BCUT2D eigenvalue weighted by Crippen LogP contribution is -2.52. The number of carbonyl (C=O) groups is 1. The van der Waals surface area contributed by atoms with Crippen LogP contribution in [0.25, 0.3) is 10.8 Å². The summed E-state index contributed by atoms with van der Waals surface area (Å²) < 4.78 is 27.7.